The van der Waals surface area contributed by atoms with Gasteiger partial charge in [-0.3, -0.25) is 9.69 Å². The standard InChI is InChI=1S/C10H19N3O2.ClH/c14-10(9-7-11-8-9)12-1-2-13-3-5-15-6-4-13;/h9,11H,1-8H2,(H,12,14);1H. The van der Waals surface area contributed by atoms with E-state index >= 15 is 0 Å². The molecule has 2 aliphatic rings. The molecule has 0 bridgehead atoms. The topological polar surface area (TPSA) is 53.6 Å². The van der Waals surface area contributed by atoms with Gasteiger partial charge in [0.1, 0.15) is 0 Å². The van der Waals surface area contributed by atoms with Gasteiger partial charge < -0.3 is 15.4 Å². The maximum Gasteiger partial charge on any atom is 0.225 e. The largest absolute Gasteiger partial charge is 0.379 e. The van der Waals surface area contributed by atoms with E-state index in [-0.39, 0.29) is 24.2 Å². The summed E-state index contributed by atoms with van der Waals surface area (Å²) in [4.78, 5) is 13.8. The van der Waals surface area contributed by atoms with Crippen molar-refractivity contribution < 1.29 is 9.53 Å². The van der Waals surface area contributed by atoms with E-state index in [2.05, 4.69) is 15.5 Å². The van der Waals surface area contributed by atoms with Gasteiger partial charge in [-0.15, -0.1) is 12.4 Å². The van der Waals surface area contributed by atoms with Crippen LogP contribution < -0.4 is 10.6 Å². The molecule has 1 amide bonds. The summed E-state index contributed by atoms with van der Waals surface area (Å²) in [5.74, 6) is 0.400. The zero-order valence-corrected chi connectivity index (χ0v) is 10.2. The molecule has 6 heteroatoms. The summed E-state index contributed by atoms with van der Waals surface area (Å²) in [5, 5.41) is 6.06. The van der Waals surface area contributed by atoms with Gasteiger partial charge in [0.05, 0.1) is 19.1 Å². The van der Waals surface area contributed by atoms with Crippen molar-refractivity contribution in [1.82, 2.24) is 15.5 Å². The van der Waals surface area contributed by atoms with Crippen LogP contribution in [-0.4, -0.2) is 63.3 Å². The summed E-state index contributed by atoms with van der Waals surface area (Å²) >= 11 is 0. The molecule has 0 aromatic heterocycles. The van der Waals surface area contributed by atoms with Crippen LogP contribution in [0, 0.1) is 5.92 Å². The summed E-state index contributed by atoms with van der Waals surface area (Å²) < 4.78 is 5.25. The molecule has 2 rings (SSSR count). The first-order valence-corrected chi connectivity index (χ1v) is 5.65. The zero-order valence-electron chi connectivity index (χ0n) is 9.41. The van der Waals surface area contributed by atoms with E-state index in [1.807, 2.05) is 0 Å². The summed E-state index contributed by atoms with van der Waals surface area (Å²) in [6, 6.07) is 0. The Morgan fingerprint density at radius 1 is 1.38 bits per heavy atom. The number of hydrogen-bond acceptors (Lipinski definition) is 4. The minimum absolute atomic E-state index is 0. The molecular weight excluding hydrogens is 230 g/mol. The predicted octanol–water partition coefficient (Wildman–Crippen LogP) is -0.924. The van der Waals surface area contributed by atoms with Crippen molar-refractivity contribution in [2.75, 3.05) is 52.5 Å². The molecule has 2 N–H and O–H groups in total. The van der Waals surface area contributed by atoms with Gasteiger partial charge in [0.2, 0.25) is 5.91 Å². The highest BCUT2D eigenvalue weighted by molar-refractivity contribution is 5.85. The average molecular weight is 250 g/mol. The molecular formula is C10H20ClN3O2. The third-order valence-corrected chi connectivity index (χ3v) is 2.98. The summed E-state index contributed by atoms with van der Waals surface area (Å²) in [6.45, 7) is 6.99. The molecule has 2 aliphatic heterocycles. The first-order valence-electron chi connectivity index (χ1n) is 5.65. The lowest BCUT2D eigenvalue weighted by molar-refractivity contribution is -0.126. The fourth-order valence-electron chi connectivity index (χ4n) is 1.78. The van der Waals surface area contributed by atoms with Gasteiger partial charge in [-0.25, -0.2) is 0 Å². The summed E-state index contributed by atoms with van der Waals surface area (Å²) in [6.07, 6.45) is 0. The van der Waals surface area contributed by atoms with Crippen LogP contribution in [0.25, 0.3) is 0 Å². The molecule has 5 nitrogen and oxygen atoms in total. The van der Waals surface area contributed by atoms with Crippen LogP contribution in [0.3, 0.4) is 0 Å². The number of carbonyl (C=O) groups excluding carboxylic acids is 1. The number of amides is 1. The fourth-order valence-corrected chi connectivity index (χ4v) is 1.78. The predicted molar refractivity (Wildman–Crippen MR) is 63.9 cm³/mol. The molecule has 0 aliphatic carbocycles. The van der Waals surface area contributed by atoms with Gasteiger partial charge in [-0.05, 0) is 0 Å². The van der Waals surface area contributed by atoms with Crippen molar-refractivity contribution in [3.05, 3.63) is 0 Å². The van der Waals surface area contributed by atoms with E-state index in [9.17, 15) is 4.79 Å². The minimum atomic E-state index is 0. The lowest BCUT2D eigenvalue weighted by Gasteiger charge is -2.28. The third-order valence-electron chi connectivity index (χ3n) is 2.98. The number of carbonyl (C=O) groups is 1. The highest BCUT2D eigenvalue weighted by atomic mass is 35.5. The maximum absolute atomic E-state index is 11.5. The molecule has 16 heavy (non-hydrogen) atoms. The number of ether oxygens (including phenoxy) is 1. The van der Waals surface area contributed by atoms with Gasteiger partial charge in [0.25, 0.3) is 0 Å². The first kappa shape index (κ1) is 13.7. The lowest BCUT2D eigenvalue weighted by Crippen LogP contribution is -2.52. The van der Waals surface area contributed by atoms with E-state index in [0.29, 0.717) is 0 Å². The summed E-state index contributed by atoms with van der Waals surface area (Å²) in [5.41, 5.74) is 0. The van der Waals surface area contributed by atoms with Gasteiger partial charge in [-0.1, -0.05) is 0 Å². The van der Waals surface area contributed by atoms with Crippen molar-refractivity contribution in [1.29, 1.82) is 0 Å². The monoisotopic (exact) mass is 249 g/mol. The second-order valence-corrected chi connectivity index (χ2v) is 4.10. The molecule has 2 heterocycles. The van der Waals surface area contributed by atoms with E-state index in [0.717, 1.165) is 52.5 Å². The molecule has 0 spiro atoms. The maximum atomic E-state index is 11.5. The number of hydrogen-bond donors (Lipinski definition) is 2. The van der Waals surface area contributed by atoms with Gasteiger partial charge in [0.15, 0.2) is 0 Å². The van der Waals surface area contributed by atoms with E-state index < -0.39 is 0 Å². The smallest absolute Gasteiger partial charge is 0.225 e. The lowest BCUT2D eigenvalue weighted by atomic mass is 10.0. The Bertz CT molecular complexity index is 218. The van der Waals surface area contributed by atoms with E-state index in [1.54, 1.807) is 0 Å². The van der Waals surface area contributed by atoms with Crippen molar-refractivity contribution in [2.24, 2.45) is 5.92 Å². The van der Waals surface area contributed by atoms with Gasteiger partial charge >= 0.3 is 0 Å². The molecule has 0 aromatic rings. The number of morpholine rings is 1. The van der Waals surface area contributed by atoms with E-state index in [1.165, 1.54) is 0 Å². The highest BCUT2D eigenvalue weighted by Gasteiger charge is 2.24. The Balaban J connectivity index is 0.00000128. The second-order valence-electron chi connectivity index (χ2n) is 4.10. The summed E-state index contributed by atoms with van der Waals surface area (Å²) in [7, 11) is 0. The van der Waals surface area contributed by atoms with Gasteiger partial charge in [0, 0.05) is 39.3 Å². The van der Waals surface area contributed by atoms with Crippen LogP contribution >= 0.6 is 12.4 Å². The fraction of sp³-hybridized carbons (Fsp3) is 0.900. The number of halogens is 1. The minimum Gasteiger partial charge on any atom is -0.379 e. The van der Waals surface area contributed by atoms with Crippen molar-refractivity contribution >= 4 is 18.3 Å². The van der Waals surface area contributed by atoms with Gasteiger partial charge in [-0.2, -0.15) is 0 Å². The Morgan fingerprint density at radius 3 is 2.62 bits per heavy atom. The van der Waals surface area contributed by atoms with Crippen LogP contribution in [0.2, 0.25) is 0 Å². The van der Waals surface area contributed by atoms with Crippen LogP contribution in [0.15, 0.2) is 0 Å². The molecule has 0 saturated carbocycles. The normalized spacial score (nSPS) is 22.0. The number of rotatable bonds is 4. The highest BCUT2D eigenvalue weighted by Crippen LogP contribution is 2.01. The Labute approximate surface area is 102 Å². The van der Waals surface area contributed by atoms with Crippen LogP contribution in [0.1, 0.15) is 0 Å². The molecule has 0 unspecified atom stereocenters. The first-order chi connectivity index (χ1) is 7.36. The SMILES string of the molecule is Cl.O=C(NCCN1CCOCC1)C1CNC1. The quantitative estimate of drug-likeness (QED) is 0.677. The average Bonchev–Trinajstić information content (AvgIpc) is 2.16. The Kier molecular flexibility index (Phi) is 6.05. The van der Waals surface area contributed by atoms with E-state index in [4.69, 9.17) is 4.74 Å². The molecule has 0 radical (unpaired) electrons. The molecule has 0 atom stereocenters. The number of nitrogens with one attached hydrogen (secondary N) is 2. The van der Waals surface area contributed by atoms with Crippen molar-refractivity contribution in [2.45, 2.75) is 0 Å². The number of nitrogens with zero attached hydrogens (tertiary/aromatic N) is 1. The third kappa shape index (κ3) is 3.90. The van der Waals surface area contributed by atoms with Crippen LogP contribution in [-0.2, 0) is 9.53 Å². The molecule has 94 valence electrons. The molecule has 0 aromatic carbocycles. The second kappa shape index (κ2) is 7.06. The van der Waals surface area contributed by atoms with Crippen molar-refractivity contribution in [3.8, 4) is 0 Å². The zero-order chi connectivity index (χ0) is 10.5. The Morgan fingerprint density at radius 2 is 2.06 bits per heavy atom. The molecule has 2 fully saturated rings. The van der Waals surface area contributed by atoms with Crippen molar-refractivity contribution in [3.63, 3.8) is 0 Å². The molecule has 2 saturated heterocycles. The Hall–Kier alpha value is -0.360. The van der Waals surface area contributed by atoms with Crippen LogP contribution in [0.5, 0.6) is 0 Å². The van der Waals surface area contributed by atoms with Crippen LogP contribution in [0.4, 0.5) is 0 Å².